The summed E-state index contributed by atoms with van der Waals surface area (Å²) in [4.78, 5) is 27.4. The molecule has 7 heteroatoms. The lowest BCUT2D eigenvalue weighted by Crippen LogP contribution is -2.45. The third kappa shape index (κ3) is 6.33. The molecule has 2 amide bonds. The van der Waals surface area contributed by atoms with E-state index in [-0.39, 0.29) is 29.7 Å². The molecule has 1 aromatic heterocycles. The molecule has 0 fully saturated rings. The first-order valence-electron chi connectivity index (χ1n) is 10.7. The van der Waals surface area contributed by atoms with Crippen molar-refractivity contribution in [1.29, 1.82) is 0 Å². The summed E-state index contributed by atoms with van der Waals surface area (Å²) < 4.78 is 1.75. The highest BCUT2D eigenvalue weighted by Gasteiger charge is 2.32. The lowest BCUT2D eigenvalue weighted by atomic mass is 9.92. The maximum atomic E-state index is 12.9. The van der Waals surface area contributed by atoms with Crippen LogP contribution in [0.1, 0.15) is 59.2 Å². The summed E-state index contributed by atoms with van der Waals surface area (Å²) >= 11 is 5.99. The predicted octanol–water partition coefficient (Wildman–Crippen LogP) is 4.92. The molecule has 0 aliphatic heterocycles. The number of nitrogens with one attached hydrogen (secondary N) is 1. The molecule has 0 atom stereocenters. The summed E-state index contributed by atoms with van der Waals surface area (Å²) in [5, 5.41) is 7.72. The van der Waals surface area contributed by atoms with Gasteiger partial charge in [-0.2, -0.15) is 5.10 Å². The zero-order valence-corrected chi connectivity index (χ0v) is 20.5. The van der Waals surface area contributed by atoms with Crippen LogP contribution in [0.2, 0.25) is 0 Å². The molecule has 0 saturated carbocycles. The third-order valence-electron chi connectivity index (χ3n) is 5.02. The molecular weight excluding hydrogens is 412 g/mol. The van der Waals surface area contributed by atoms with Crippen molar-refractivity contribution in [3.8, 4) is 5.69 Å². The molecule has 0 bridgehead atoms. The molecule has 2 aromatic rings. The minimum Gasteiger partial charge on any atom is -0.333 e. The molecule has 1 heterocycles. The van der Waals surface area contributed by atoms with E-state index < -0.39 is 5.41 Å². The number of hydrogen-bond donors (Lipinski definition) is 1. The summed E-state index contributed by atoms with van der Waals surface area (Å²) in [7, 11) is 0. The summed E-state index contributed by atoms with van der Waals surface area (Å²) in [6.45, 7) is 14.3. The molecule has 0 aliphatic rings. The largest absolute Gasteiger partial charge is 0.333 e. The smallest absolute Gasteiger partial charge is 0.245 e. The van der Waals surface area contributed by atoms with Crippen LogP contribution in [0.4, 0.5) is 5.82 Å². The Kier molecular flexibility index (Phi) is 7.93. The number of nitrogens with zero attached hydrogens (tertiary/aromatic N) is 3. The molecule has 0 radical (unpaired) electrons. The maximum absolute atomic E-state index is 12.9. The van der Waals surface area contributed by atoms with E-state index in [4.69, 9.17) is 16.7 Å². The highest BCUT2D eigenvalue weighted by atomic mass is 35.5. The average Bonchev–Trinajstić information content (AvgIpc) is 3.11. The Morgan fingerprint density at radius 3 is 2.39 bits per heavy atom. The molecule has 1 aromatic carbocycles. The summed E-state index contributed by atoms with van der Waals surface area (Å²) in [6, 6.07) is 9.85. The van der Waals surface area contributed by atoms with Crippen LogP contribution in [0, 0.1) is 12.3 Å². The summed E-state index contributed by atoms with van der Waals surface area (Å²) in [6.07, 6.45) is 0.757. The number of hydrogen-bond acceptors (Lipinski definition) is 3. The van der Waals surface area contributed by atoms with Crippen molar-refractivity contribution < 1.29 is 9.59 Å². The molecule has 0 spiro atoms. The van der Waals surface area contributed by atoms with Gasteiger partial charge < -0.3 is 10.2 Å². The van der Waals surface area contributed by atoms with Crippen molar-refractivity contribution in [2.75, 3.05) is 24.3 Å². The van der Waals surface area contributed by atoms with E-state index in [0.29, 0.717) is 12.4 Å². The van der Waals surface area contributed by atoms with Gasteiger partial charge in [0.2, 0.25) is 11.8 Å². The number of alkyl halides is 1. The van der Waals surface area contributed by atoms with Gasteiger partial charge >= 0.3 is 0 Å². The SMILES string of the molecule is CCCN(CC(=O)Nc1cc(C(C)(C)C)nn1-c1cccc(C)c1)C(=O)C(C)(C)CCl. The molecule has 170 valence electrons. The zero-order chi connectivity index (χ0) is 23.4. The predicted molar refractivity (Wildman–Crippen MR) is 127 cm³/mol. The minimum absolute atomic E-state index is 0.0309. The summed E-state index contributed by atoms with van der Waals surface area (Å²) in [5.74, 6) is 0.396. The fourth-order valence-corrected chi connectivity index (χ4v) is 3.27. The molecular formula is C24H35ClN4O2. The zero-order valence-electron chi connectivity index (χ0n) is 19.8. The molecule has 1 N–H and O–H groups in total. The Morgan fingerprint density at radius 1 is 1.16 bits per heavy atom. The van der Waals surface area contributed by atoms with Crippen LogP contribution in [-0.2, 0) is 15.0 Å². The molecule has 2 rings (SSSR count). The number of aryl methyl sites for hydroxylation is 1. The van der Waals surface area contributed by atoms with Crippen molar-refractivity contribution >= 4 is 29.2 Å². The number of halogens is 1. The van der Waals surface area contributed by atoms with Crippen LogP contribution in [-0.4, -0.2) is 45.5 Å². The van der Waals surface area contributed by atoms with Crippen LogP contribution in [0.5, 0.6) is 0 Å². The van der Waals surface area contributed by atoms with E-state index in [1.807, 2.05) is 44.2 Å². The Morgan fingerprint density at radius 2 is 1.84 bits per heavy atom. The number of amides is 2. The first-order valence-corrected chi connectivity index (χ1v) is 11.2. The molecule has 6 nitrogen and oxygen atoms in total. The normalized spacial score (nSPS) is 12.0. The van der Waals surface area contributed by atoms with Crippen LogP contribution >= 0.6 is 11.6 Å². The number of rotatable bonds is 8. The van der Waals surface area contributed by atoms with Crippen LogP contribution in [0.3, 0.4) is 0 Å². The van der Waals surface area contributed by atoms with Crippen LogP contribution in [0.25, 0.3) is 5.69 Å². The van der Waals surface area contributed by atoms with Gasteiger partial charge in [-0.1, -0.05) is 39.8 Å². The highest BCUT2D eigenvalue weighted by molar-refractivity contribution is 6.19. The van der Waals surface area contributed by atoms with Gasteiger partial charge in [-0.05, 0) is 44.9 Å². The van der Waals surface area contributed by atoms with Crippen LogP contribution in [0.15, 0.2) is 30.3 Å². The molecule has 0 aliphatic carbocycles. The minimum atomic E-state index is -0.722. The van der Waals surface area contributed by atoms with Gasteiger partial charge in [0.1, 0.15) is 5.82 Å². The lowest BCUT2D eigenvalue weighted by Gasteiger charge is -2.30. The quantitative estimate of drug-likeness (QED) is 0.585. The number of anilines is 1. The summed E-state index contributed by atoms with van der Waals surface area (Å²) in [5.41, 5.74) is 1.94. The number of aromatic nitrogens is 2. The Bertz CT molecular complexity index is 928. The van der Waals surface area contributed by atoms with Crippen molar-refractivity contribution in [3.05, 3.63) is 41.6 Å². The van der Waals surface area contributed by atoms with Gasteiger partial charge in [-0.3, -0.25) is 9.59 Å². The fourth-order valence-electron chi connectivity index (χ4n) is 3.16. The van der Waals surface area contributed by atoms with E-state index in [0.717, 1.165) is 23.4 Å². The first kappa shape index (κ1) is 24.9. The van der Waals surface area contributed by atoms with E-state index in [1.54, 1.807) is 23.4 Å². The van der Waals surface area contributed by atoms with Gasteiger partial charge in [-0.15, -0.1) is 11.6 Å². The van der Waals surface area contributed by atoms with E-state index in [9.17, 15) is 9.59 Å². The van der Waals surface area contributed by atoms with Gasteiger partial charge in [-0.25, -0.2) is 4.68 Å². The Balaban J connectivity index is 2.32. The second-order valence-corrected chi connectivity index (χ2v) is 9.98. The maximum Gasteiger partial charge on any atom is 0.245 e. The number of benzene rings is 1. The average molecular weight is 447 g/mol. The van der Waals surface area contributed by atoms with Crippen molar-refractivity contribution in [2.24, 2.45) is 5.41 Å². The van der Waals surface area contributed by atoms with Crippen molar-refractivity contribution in [3.63, 3.8) is 0 Å². The third-order valence-corrected chi connectivity index (χ3v) is 5.69. The van der Waals surface area contributed by atoms with Crippen molar-refractivity contribution in [2.45, 2.75) is 60.3 Å². The fraction of sp³-hybridized carbons (Fsp3) is 0.542. The molecule has 0 saturated heterocycles. The lowest BCUT2D eigenvalue weighted by molar-refractivity contribution is -0.141. The second-order valence-electron chi connectivity index (χ2n) is 9.71. The van der Waals surface area contributed by atoms with Crippen molar-refractivity contribution in [1.82, 2.24) is 14.7 Å². The molecule has 31 heavy (non-hydrogen) atoms. The van der Waals surface area contributed by atoms with Gasteiger partial charge in [0.15, 0.2) is 0 Å². The van der Waals surface area contributed by atoms with Crippen LogP contribution < -0.4 is 5.32 Å². The highest BCUT2D eigenvalue weighted by Crippen LogP contribution is 2.27. The van der Waals surface area contributed by atoms with Gasteiger partial charge in [0.05, 0.1) is 23.3 Å². The topological polar surface area (TPSA) is 67.2 Å². The monoisotopic (exact) mass is 446 g/mol. The standard InChI is InChI=1S/C24H35ClN4O2/c1-8-12-28(22(31)24(6,7)16-25)15-21(30)26-20-14-19(23(3,4)5)27-29(20)18-11-9-10-17(2)13-18/h9-11,13-14H,8,12,15-16H2,1-7H3,(H,26,30). The molecule has 0 unspecified atom stereocenters. The van der Waals surface area contributed by atoms with Gasteiger partial charge in [0, 0.05) is 23.9 Å². The van der Waals surface area contributed by atoms with Gasteiger partial charge in [0.25, 0.3) is 0 Å². The number of carbonyl (C=O) groups is 2. The van der Waals surface area contributed by atoms with E-state index in [2.05, 4.69) is 26.1 Å². The first-order chi connectivity index (χ1) is 14.4. The van der Waals surface area contributed by atoms with E-state index >= 15 is 0 Å². The Labute approximate surface area is 191 Å². The number of carbonyl (C=O) groups excluding carboxylic acids is 2. The Hall–Kier alpha value is -2.34. The van der Waals surface area contributed by atoms with E-state index in [1.165, 1.54) is 0 Å². The second kappa shape index (κ2) is 9.86.